The molecule has 0 aliphatic rings. The number of carbonyl (C=O) groups excluding carboxylic acids is 1. The lowest BCUT2D eigenvalue weighted by atomic mass is 10.1. The fourth-order valence-electron chi connectivity index (χ4n) is 2.20. The van der Waals surface area contributed by atoms with E-state index in [0.717, 1.165) is 10.4 Å². The number of thioether (sulfide) groups is 1. The molecule has 0 radical (unpaired) electrons. The molecule has 1 aromatic carbocycles. The molecule has 0 spiro atoms. The molecule has 0 unspecified atom stereocenters. The van der Waals surface area contributed by atoms with Crippen LogP contribution >= 0.6 is 23.1 Å². The summed E-state index contributed by atoms with van der Waals surface area (Å²) < 4.78 is 5.50. The summed E-state index contributed by atoms with van der Waals surface area (Å²) in [5, 5.41) is 12.9. The molecule has 0 aliphatic heterocycles. The highest BCUT2D eigenvalue weighted by Gasteiger charge is 2.09. The Bertz CT molecular complexity index is 869. The fraction of sp³-hybridized carbons (Fsp3) is 0.211. The standard InChI is InChI=1S/C19H19N3O2S2/c1-13(2)26-16-7-5-14(6-8-16)12-18-21-22-19(24-18)20-17(23)10-9-15-4-3-11-25-15/h3-11,13H,12H2,1-2H3,(H,20,22,23). The van der Waals surface area contributed by atoms with E-state index in [-0.39, 0.29) is 11.9 Å². The molecule has 7 heteroatoms. The molecule has 26 heavy (non-hydrogen) atoms. The van der Waals surface area contributed by atoms with E-state index in [2.05, 4.69) is 53.6 Å². The van der Waals surface area contributed by atoms with Gasteiger partial charge in [-0.3, -0.25) is 10.1 Å². The van der Waals surface area contributed by atoms with Crippen molar-refractivity contribution in [2.45, 2.75) is 30.4 Å². The summed E-state index contributed by atoms with van der Waals surface area (Å²) in [4.78, 5) is 14.1. The van der Waals surface area contributed by atoms with Crippen LogP contribution in [0.2, 0.25) is 0 Å². The maximum absolute atomic E-state index is 11.9. The van der Waals surface area contributed by atoms with Gasteiger partial charge in [0.05, 0.1) is 6.42 Å². The van der Waals surface area contributed by atoms with Gasteiger partial charge in [-0.1, -0.05) is 37.1 Å². The van der Waals surface area contributed by atoms with E-state index in [1.807, 2.05) is 29.3 Å². The molecule has 0 atom stereocenters. The first-order valence-electron chi connectivity index (χ1n) is 8.19. The van der Waals surface area contributed by atoms with Gasteiger partial charge < -0.3 is 4.42 Å². The average Bonchev–Trinajstić information content (AvgIpc) is 3.26. The summed E-state index contributed by atoms with van der Waals surface area (Å²) in [6.45, 7) is 4.34. The molecule has 0 saturated carbocycles. The van der Waals surface area contributed by atoms with Crippen LogP contribution in [0.25, 0.3) is 6.08 Å². The van der Waals surface area contributed by atoms with Gasteiger partial charge in [0.2, 0.25) is 5.89 Å². The summed E-state index contributed by atoms with van der Waals surface area (Å²) in [5.74, 6) is 0.162. The summed E-state index contributed by atoms with van der Waals surface area (Å²) >= 11 is 3.38. The van der Waals surface area contributed by atoms with Crippen molar-refractivity contribution in [2.24, 2.45) is 0 Å². The van der Waals surface area contributed by atoms with Gasteiger partial charge >= 0.3 is 6.01 Å². The van der Waals surface area contributed by atoms with Crippen molar-refractivity contribution in [3.8, 4) is 0 Å². The number of carbonyl (C=O) groups is 1. The van der Waals surface area contributed by atoms with Gasteiger partial charge in [-0.05, 0) is 35.2 Å². The summed E-state index contributed by atoms with van der Waals surface area (Å²) in [6.07, 6.45) is 3.72. The first-order chi connectivity index (χ1) is 12.6. The topological polar surface area (TPSA) is 68.0 Å². The first kappa shape index (κ1) is 18.4. The number of hydrogen-bond donors (Lipinski definition) is 1. The van der Waals surface area contributed by atoms with Gasteiger partial charge in [-0.25, -0.2) is 0 Å². The highest BCUT2D eigenvalue weighted by Crippen LogP contribution is 2.23. The van der Waals surface area contributed by atoms with E-state index in [4.69, 9.17) is 4.42 Å². The van der Waals surface area contributed by atoms with Crippen LogP contribution in [0.5, 0.6) is 0 Å². The highest BCUT2D eigenvalue weighted by atomic mass is 32.2. The van der Waals surface area contributed by atoms with Crippen LogP contribution in [0, 0.1) is 0 Å². The Hall–Kier alpha value is -2.38. The maximum Gasteiger partial charge on any atom is 0.322 e. The van der Waals surface area contributed by atoms with Crippen molar-refractivity contribution in [1.82, 2.24) is 10.2 Å². The second-order valence-electron chi connectivity index (χ2n) is 5.83. The third kappa shape index (κ3) is 5.57. The minimum atomic E-state index is -0.302. The second kappa shape index (κ2) is 8.82. The SMILES string of the molecule is CC(C)Sc1ccc(Cc2nnc(NC(=O)C=Cc3cccs3)o2)cc1. The number of rotatable bonds is 7. The zero-order valence-corrected chi connectivity index (χ0v) is 16.1. The first-order valence-corrected chi connectivity index (χ1v) is 9.95. The Kier molecular flexibility index (Phi) is 6.25. The average molecular weight is 386 g/mol. The summed E-state index contributed by atoms with van der Waals surface area (Å²) in [5.41, 5.74) is 1.08. The van der Waals surface area contributed by atoms with Gasteiger partial charge in [0, 0.05) is 21.1 Å². The van der Waals surface area contributed by atoms with E-state index in [9.17, 15) is 4.79 Å². The monoisotopic (exact) mass is 385 g/mol. The minimum Gasteiger partial charge on any atom is -0.407 e. The van der Waals surface area contributed by atoms with Gasteiger partial charge in [-0.15, -0.1) is 28.2 Å². The zero-order valence-electron chi connectivity index (χ0n) is 14.5. The molecule has 2 heterocycles. The molecular weight excluding hydrogens is 366 g/mol. The molecule has 134 valence electrons. The summed E-state index contributed by atoms with van der Waals surface area (Å²) in [6, 6.07) is 12.3. The molecule has 3 aromatic rings. The lowest BCUT2D eigenvalue weighted by Crippen LogP contribution is -2.07. The van der Waals surface area contributed by atoms with E-state index >= 15 is 0 Å². The number of amides is 1. The van der Waals surface area contributed by atoms with Gasteiger partial charge in [0.25, 0.3) is 5.91 Å². The Morgan fingerprint density at radius 3 is 2.77 bits per heavy atom. The third-order valence-corrected chi connectivity index (χ3v) is 5.14. The molecule has 1 amide bonds. The van der Waals surface area contributed by atoms with Crippen LogP contribution in [-0.4, -0.2) is 21.4 Å². The lowest BCUT2D eigenvalue weighted by Gasteiger charge is -2.05. The maximum atomic E-state index is 11.9. The number of aromatic nitrogens is 2. The Labute approximate surface area is 160 Å². The van der Waals surface area contributed by atoms with Crippen molar-refractivity contribution in [3.63, 3.8) is 0 Å². The minimum absolute atomic E-state index is 0.104. The van der Waals surface area contributed by atoms with Crippen molar-refractivity contribution >= 4 is 41.1 Å². The molecule has 2 aromatic heterocycles. The number of nitrogens with one attached hydrogen (secondary N) is 1. The number of benzene rings is 1. The predicted molar refractivity (Wildman–Crippen MR) is 107 cm³/mol. The quantitative estimate of drug-likeness (QED) is 0.464. The molecule has 0 fully saturated rings. The van der Waals surface area contributed by atoms with Crippen LogP contribution in [0.3, 0.4) is 0 Å². The number of thiophene rings is 1. The number of nitrogens with zero attached hydrogens (tertiary/aromatic N) is 2. The van der Waals surface area contributed by atoms with E-state index in [1.165, 1.54) is 11.0 Å². The third-order valence-electron chi connectivity index (χ3n) is 3.29. The molecule has 3 rings (SSSR count). The van der Waals surface area contributed by atoms with Gasteiger partial charge in [-0.2, -0.15) is 0 Å². The zero-order chi connectivity index (χ0) is 18.4. The second-order valence-corrected chi connectivity index (χ2v) is 8.46. The normalized spacial score (nSPS) is 11.3. The largest absolute Gasteiger partial charge is 0.407 e. The summed E-state index contributed by atoms with van der Waals surface area (Å²) in [7, 11) is 0. The van der Waals surface area contributed by atoms with Crippen molar-refractivity contribution in [1.29, 1.82) is 0 Å². The molecule has 0 bridgehead atoms. The molecular formula is C19H19N3O2S2. The van der Waals surface area contributed by atoms with Crippen molar-refractivity contribution in [3.05, 3.63) is 64.2 Å². The van der Waals surface area contributed by atoms with Crippen LogP contribution < -0.4 is 5.32 Å². The Morgan fingerprint density at radius 1 is 1.27 bits per heavy atom. The van der Waals surface area contributed by atoms with E-state index < -0.39 is 0 Å². The van der Waals surface area contributed by atoms with E-state index in [0.29, 0.717) is 17.6 Å². The molecule has 5 nitrogen and oxygen atoms in total. The van der Waals surface area contributed by atoms with Crippen LogP contribution in [0.1, 0.15) is 30.2 Å². The van der Waals surface area contributed by atoms with Crippen LogP contribution in [0.4, 0.5) is 6.01 Å². The predicted octanol–water partition coefficient (Wildman–Crippen LogP) is 4.87. The Balaban J connectivity index is 1.55. The molecule has 1 N–H and O–H groups in total. The van der Waals surface area contributed by atoms with Crippen molar-refractivity contribution < 1.29 is 9.21 Å². The van der Waals surface area contributed by atoms with E-state index in [1.54, 1.807) is 17.4 Å². The highest BCUT2D eigenvalue weighted by molar-refractivity contribution is 7.99. The lowest BCUT2D eigenvalue weighted by molar-refractivity contribution is -0.112. The van der Waals surface area contributed by atoms with Crippen LogP contribution in [0.15, 0.2) is 57.2 Å². The van der Waals surface area contributed by atoms with Crippen LogP contribution in [-0.2, 0) is 11.2 Å². The molecule has 0 saturated heterocycles. The van der Waals surface area contributed by atoms with Crippen molar-refractivity contribution in [2.75, 3.05) is 5.32 Å². The number of hydrogen-bond acceptors (Lipinski definition) is 6. The smallest absolute Gasteiger partial charge is 0.322 e. The van der Waals surface area contributed by atoms with Gasteiger partial charge in [0.15, 0.2) is 0 Å². The Morgan fingerprint density at radius 2 is 2.08 bits per heavy atom. The van der Waals surface area contributed by atoms with Gasteiger partial charge in [0.1, 0.15) is 0 Å². The fourth-order valence-corrected chi connectivity index (χ4v) is 3.65. The molecule has 0 aliphatic carbocycles. The number of anilines is 1.